The van der Waals surface area contributed by atoms with Gasteiger partial charge in [-0.2, -0.15) is 8.78 Å². The van der Waals surface area contributed by atoms with Gasteiger partial charge < -0.3 is 10.5 Å². The Kier molecular flexibility index (Phi) is 5.10. The molecule has 0 spiro atoms. The van der Waals surface area contributed by atoms with Gasteiger partial charge in [-0.15, -0.1) is 0 Å². The average Bonchev–Trinajstić information content (AvgIpc) is 2.42. The summed E-state index contributed by atoms with van der Waals surface area (Å²) in [5.74, 6) is 0.188. The second-order valence-electron chi connectivity index (χ2n) is 4.80. The summed E-state index contributed by atoms with van der Waals surface area (Å²) in [7, 11) is 0. The summed E-state index contributed by atoms with van der Waals surface area (Å²) in [6.45, 7) is -0.137. The predicted molar refractivity (Wildman–Crippen MR) is 70.3 cm³/mol. The summed E-state index contributed by atoms with van der Waals surface area (Å²) >= 11 is 0. The lowest BCUT2D eigenvalue weighted by atomic mass is 10.0. The van der Waals surface area contributed by atoms with E-state index in [9.17, 15) is 8.78 Å². The number of hydrogen-bond acceptors (Lipinski definition) is 3. The van der Waals surface area contributed by atoms with E-state index in [1.54, 1.807) is 12.1 Å². The predicted octanol–water partition coefficient (Wildman–Crippen LogP) is 2.77. The Labute approximate surface area is 112 Å². The molecular weight excluding hydrogens is 250 g/mol. The summed E-state index contributed by atoms with van der Waals surface area (Å²) < 4.78 is 28.5. The Balaban J connectivity index is 2.05. The standard InChI is InChI=1S/C14H20F2N2O/c15-14(16)19-12-6-4-11(5-7-12)13(10-17)18-8-2-1-3-9-18/h4-7,13-14H,1-3,8-10,17H2. The first-order valence-corrected chi connectivity index (χ1v) is 6.69. The van der Waals surface area contributed by atoms with Crippen LogP contribution in [-0.4, -0.2) is 31.1 Å². The van der Waals surface area contributed by atoms with Gasteiger partial charge in [0.05, 0.1) is 0 Å². The van der Waals surface area contributed by atoms with Crippen molar-refractivity contribution in [1.82, 2.24) is 4.90 Å². The van der Waals surface area contributed by atoms with Gasteiger partial charge in [-0.3, -0.25) is 4.90 Å². The number of alkyl halides is 2. The first-order valence-electron chi connectivity index (χ1n) is 6.69. The van der Waals surface area contributed by atoms with Gasteiger partial charge in [0.1, 0.15) is 5.75 Å². The highest BCUT2D eigenvalue weighted by Crippen LogP contribution is 2.25. The van der Waals surface area contributed by atoms with Crippen LogP contribution in [0.5, 0.6) is 5.75 Å². The van der Waals surface area contributed by atoms with Crippen molar-refractivity contribution in [1.29, 1.82) is 0 Å². The van der Waals surface area contributed by atoms with Gasteiger partial charge >= 0.3 is 6.61 Å². The van der Waals surface area contributed by atoms with Crippen molar-refractivity contribution in [3.8, 4) is 5.75 Å². The molecular formula is C14H20F2N2O. The summed E-state index contributed by atoms with van der Waals surface area (Å²) in [5.41, 5.74) is 6.92. The topological polar surface area (TPSA) is 38.5 Å². The Hall–Kier alpha value is -1.20. The van der Waals surface area contributed by atoms with Gasteiger partial charge in [0.15, 0.2) is 0 Å². The second-order valence-corrected chi connectivity index (χ2v) is 4.80. The quantitative estimate of drug-likeness (QED) is 0.894. The normalized spacial score (nSPS) is 18.5. The van der Waals surface area contributed by atoms with Crippen molar-refractivity contribution in [2.45, 2.75) is 31.9 Å². The van der Waals surface area contributed by atoms with Gasteiger partial charge in [0.2, 0.25) is 0 Å². The number of rotatable bonds is 5. The van der Waals surface area contributed by atoms with Crippen LogP contribution in [0.1, 0.15) is 30.9 Å². The summed E-state index contributed by atoms with van der Waals surface area (Å²) in [6, 6.07) is 6.97. The highest BCUT2D eigenvalue weighted by atomic mass is 19.3. The zero-order valence-corrected chi connectivity index (χ0v) is 10.9. The number of nitrogens with zero attached hydrogens (tertiary/aromatic N) is 1. The molecule has 106 valence electrons. The van der Waals surface area contributed by atoms with Crippen molar-refractivity contribution >= 4 is 0 Å². The van der Waals surface area contributed by atoms with Crippen LogP contribution in [0.25, 0.3) is 0 Å². The van der Waals surface area contributed by atoms with E-state index < -0.39 is 6.61 Å². The minimum atomic E-state index is -2.78. The Morgan fingerprint density at radius 1 is 1.11 bits per heavy atom. The Bertz CT molecular complexity index is 378. The SMILES string of the molecule is NCC(c1ccc(OC(F)F)cc1)N1CCCCC1. The fourth-order valence-corrected chi connectivity index (χ4v) is 2.60. The number of benzene rings is 1. The molecule has 2 N–H and O–H groups in total. The van der Waals surface area contributed by atoms with Crippen LogP contribution in [0, 0.1) is 0 Å². The summed E-state index contributed by atoms with van der Waals surface area (Å²) in [6.07, 6.45) is 3.67. The van der Waals surface area contributed by atoms with Gasteiger partial charge in [-0.05, 0) is 43.6 Å². The van der Waals surface area contributed by atoms with E-state index in [0.717, 1.165) is 18.7 Å². The first-order chi connectivity index (χ1) is 9.20. The van der Waals surface area contributed by atoms with Gasteiger partial charge in [-0.1, -0.05) is 18.6 Å². The fourth-order valence-electron chi connectivity index (χ4n) is 2.60. The van der Waals surface area contributed by atoms with Crippen molar-refractivity contribution < 1.29 is 13.5 Å². The third-order valence-electron chi connectivity index (χ3n) is 3.54. The maximum Gasteiger partial charge on any atom is 0.387 e. The molecule has 1 atom stereocenters. The summed E-state index contributed by atoms with van der Waals surface area (Å²) in [5, 5.41) is 0. The zero-order valence-electron chi connectivity index (χ0n) is 10.9. The molecule has 0 radical (unpaired) electrons. The van der Waals surface area contributed by atoms with Crippen LogP contribution in [0.3, 0.4) is 0 Å². The van der Waals surface area contributed by atoms with E-state index in [-0.39, 0.29) is 11.8 Å². The van der Waals surface area contributed by atoms with Crippen LogP contribution in [-0.2, 0) is 0 Å². The van der Waals surface area contributed by atoms with E-state index in [4.69, 9.17) is 5.73 Å². The number of hydrogen-bond donors (Lipinski definition) is 1. The lowest BCUT2D eigenvalue weighted by Gasteiger charge is -2.34. The number of nitrogens with two attached hydrogens (primary N) is 1. The van der Waals surface area contributed by atoms with Gasteiger partial charge in [0.25, 0.3) is 0 Å². The molecule has 1 aliphatic heterocycles. The third kappa shape index (κ3) is 3.88. The van der Waals surface area contributed by atoms with Gasteiger partial charge in [-0.25, -0.2) is 0 Å². The molecule has 1 saturated heterocycles. The molecule has 0 aliphatic carbocycles. The van der Waals surface area contributed by atoms with Crippen LogP contribution in [0.2, 0.25) is 0 Å². The van der Waals surface area contributed by atoms with E-state index in [2.05, 4.69) is 9.64 Å². The molecule has 1 aliphatic rings. The third-order valence-corrected chi connectivity index (χ3v) is 3.54. The average molecular weight is 270 g/mol. The molecule has 0 aromatic heterocycles. The maximum atomic E-state index is 12.1. The zero-order chi connectivity index (χ0) is 13.7. The largest absolute Gasteiger partial charge is 0.435 e. The monoisotopic (exact) mass is 270 g/mol. The van der Waals surface area contributed by atoms with Crippen LogP contribution >= 0.6 is 0 Å². The van der Waals surface area contributed by atoms with E-state index >= 15 is 0 Å². The molecule has 0 amide bonds. The molecule has 2 rings (SSSR count). The van der Waals surface area contributed by atoms with E-state index in [1.165, 1.54) is 19.3 Å². The number of ether oxygens (including phenoxy) is 1. The van der Waals surface area contributed by atoms with E-state index in [1.807, 2.05) is 12.1 Å². The first kappa shape index (κ1) is 14.2. The smallest absolute Gasteiger partial charge is 0.387 e. The summed E-state index contributed by atoms with van der Waals surface area (Å²) in [4.78, 5) is 2.37. The number of halogens is 2. The van der Waals surface area contributed by atoms with Gasteiger partial charge in [0, 0.05) is 12.6 Å². The fraction of sp³-hybridized carbons (Fsp3) is 0.571. The molecule has 19 heavy (non-hydrogen) atoms. The van der Waals surface area contributed by atoms with Crippen molar-refractivity contribution in [3.63, 3.8) is 0 Å². The van der Waals surface area contributed by atoms with Crippen molar-refractivity contribution in [2.24, 2.45) is 5.73 Å². The maximum absolute atomic E-state index is 12.1. The van der Waals surface area contributed by atoms with E-state index in [0.29, 0.717) is 6.54 Å². The minimum Gasteiger partial charge on any atom is -0.435 e. The Morgan fingerprint density at radius 2 is 1.74 bits per heavy atom. The molecule has 1 aromatic rings. The molecule has 0 bridgehead atoms. The molecule has 1 aromatic carbocycles. The lowest BCUT2D eigenvalue weighted by Crippen LogP contribution is -2.37. The molecule has 3 nitrogen and oxygen atoms in total. The second kappa shape index (κ2) is 6.82. The van der Waals surface area contributed by atoms with Crippen molar-refractivity contribution in [2.75, 3.05) is 19.6 Å². The van der Waals surface area contributed by atoms with Crippen molar-refractivity contribution in [3.05, 3.63) is 29.8 Å². The molecule has 1 unspecified atom stereocenters. The highest BCUT2D eigenvalue weighted by Gasteiger charge is 2.20. The lowest BCUT2D eigenvalue weighted by molar-refractivity contribution is -0.0498. The molecule has 1 fully saturated rings. The number of likely N-dealkylation sites (tertiary alicyclic amines) is 1. The molecule has 0 saturated carbocycles. The highest BCUT2D eigenvalue weighted by molar-refractivity contribution is 5.29. The number of piperidine rings is 1. The Morgan fingerprint density at radius 3 is 2.26 bits per heavy atom. The minimum absolute atomic E-state index is 0.167. The molecule has 5 heteroatoms. The molecule has 1 heterocycles. The van der Waals surface area contributed by atoms with Crippen LogP contribution in [0.4, 0.5) is 8.78 Å². The van der Waals surface area contributed by atoms with Crippen LogP contribution < -0.4 is 10.5 Å². The van der Waals surface area contributed by atoms with Crippen LogP contribution in [0.15, 0.2) is 24.3 Å².